The number of methoxy groups -OCH3 is 1. The molecule has 5 nitrogen and oxygen atoms in total. The van der Waals surface area contributed by atoms with Crippen molar-refractivity contribution in [2.45, 2.75) is 18.6 Å². The molecule has 1 aromatic carbocycles. The second-order valence-electron chi connectivity index (χ2n) is 7.44. The van der Waals surface area contributed by atoms with E-state index in [2.05, 4.69) is 22.2 Å². The van der Waals surface area contributed by atoms with Crippen LogP contribution in [0.3, 0.4) is 0 Å². The lowest BCUT2D eigenvalue weighted by Crippen LogP contribution is -2.53. The zero-order valence-corrected chi connectivity index (χ0v) is 18.2. The number of anilines is 2. The summed E-state index contributed by atoms with van der Waals surface area (Å²) in [5, 5.41) is 4.10. The van der Waals surface area contributed by atoms with E-state index in [0.29, 0.717) is 63.8 Å². The molecule has 0 spiro atoms. The molecule has 10 heteroatoms. The third-order valence-corrected chi connectivity index (χ3v) is 6.75. The van der Waals surface area contributed by atoms with Gasteiger partial charge in [0, 0.05) is 44.4 Å². The Bertz CT molecular complexity index is 962. The molecule has 1 unspecified atom stereocenters. The van der Waals surface area contributed by atoms with E-state index < -0.39 is 11.1 Å². The Labute approximate surface area is 182 Å². The molecule has 30 heavy (non-hydrogen) atoms. The Morgan fingerprint density at radius 1 is 1.30 bits per heavy atom. The Balaban J connectivity index is 1.77. The van der Waals surface area contributed by atoms with Crippen LogP contribution in [0.2, 0.25) is 5.02 Å². The Morgan fingerprint density at radius 2 is 2.10 bits per heavy atom. The van der Waals surface area contributed by atoms with Gasteiger partial charge in [0.2, 0.25) is 0 Å². The van der Waals surface area contributed by atoms with Gasteiger partial charge >= 0.3 is 6.18 Å². The van der Waals surface area contributed by atoms with E-state index in [-0.39, 0.29) is 6.04 Å². The maximum atomic E-state index is 13.4. The van der Waals surface area contributed by atoms with Gasteiger partial charge in [-0.2, -0.15) is 13.2 Å². The smallest absolute Gasteiger partial charge is 0.385 e. The highest BCUT2D eigenvalue weighted by molar-refractivity contribution is 7.16. The van der Waals surface area contributed by atoms with Crippen LogP contribution in [0.25, 0.3) is 0 Å². The average molecular weight is 459 g/mol. The number of benzene rings is 1. The fraction of sp³-hybridized carbons (Fsp3) is 0.450. The lowest BCUT2D eigenvalue weighted by Gasteiger charge is -2.40. The molecule has 0 amide bonds. The maximum absolute atomic E-state index is 13.4. The minimum atomic E-state index is -4.41. The van der Waals surface area contributed by atoms with Gasteiger partial charge in [0.15, 0.2) is 0 Å². The lowest BCUT2D eigenvalue weighted by molar-refractivity contribution is -0.134. The summed E-state index contributed by atoms with van der Waals surface area (Å²) in [4.78, 5) is 8.47. The van der Waals surface area contributed by atoms with Crippen molar-refractivity contribution in [1.29, 1.82) is 0 Å². The molecule has 1 aromatic heterocycles. The van der Waals surface area contributed by atoms with Gasteiger partial charge in [-0.3, -0.25) is 4.90 Å². The SMILES string of the molecule is COCCC1CN(C2=Nc3cc(Cl)ccc3Nc3sc(C(F)(F)F)cc32)CCN1C. The van der Waals surface area contributed by atoms with Gasteiger partial charge in [-0.15, -0.1) is 11.3 Å². The molecule has 2 aliphatic rings. The molecule has 162 valence electrons. The Morgan fingerprint density at radius 3 is 2.83 bits per heavy atom. The molecule has 4 rings (SSSR count). The highest BCUT2D eigenvalue weighted by Gasteiger charge is 2.37. The molecule has 1 atom stereocenters. The topological polar surface area (TPSA) is 40.1 Å². The van der Waals surface area contributed by atoms with Crippen molar-refractivity contribution in [2.75, 3.05) is 45.7 Å². The minimum Gasteiger partial charge on any atom is -0.385 e. The molecule has 2 aromatic rings. The second-order valence-corrected chi connectivity index (χ2v) is 8.92. The Kier molecular flexibility index (Phi) is 5.98. The van der Waals surface area contributed by atoms with E-state index in [1.165, 1.54) is 6.07 Å². The van der Waals surface area contributed by atoms with Crippen LogP contribution in [0.5, 0.6) is 0 Å². The van der Waals surface area contributed by atoms with E-state index in [1.54, 1.807) is 25.3 Å². The molecule has 1 N–H and O–H groups in total. The first-order valence-corrected chi connectivity index (χ1v) is 10.8. The maximum Gasteiger partial charge on any atom is 0.425 e. The zero-order valence-electron chi connectivity index (χ0n) is 16.6. The van der Waals surface area contributed by atoms with Crippen molar-refractivity contribution in [1.82, 2.24) is 9.80 Å². The number of amidine groups is 1. The molecule has 3 heterocycles. The first kappa shape index (κ1) is 21.4. The summed E-state index contributed by atoms with van der Waals surface area (Å²) in [6, 6.07) is 6.58. The molecule has 1 saturated heterocycles. The van der Waals surface area contributed by atoms with Crippen LogP contribution in [-0.2, 0) is 10.9 Å². The normalized spacial score (nSPS) is 19.6. The van der Waals surface area contributed by atoms with Gasteiger partial charge in [-0.05, 0) is 37.7 Å². The van der Waals surface area contributed by atoms with Gasteiger partial charge in [0.25, 0.3) is 0 Å². The lowest BCUT2D eigenvalue weighted by atomic mass is 10.1. The van der Waals surface area contributed by atoms with E-state index in [4.69, 9.17) is 21.3 Å². The first-order valence-electron chi connectivity index (χ1n) is 9.57. The largest absolute Gasteiger partial charge is 0.425 e. The monoisotopic (exact) mass is 458 g/mol. The molecule has 0 radical (unpaired) electrons. The standard InChI is InChI=1S/C20H22ClF3N4OS/c1-27-6-7-28(11-13(27)5-8-29-2)18-14-10-17(20(22,23)24)30-19(14)26-15-4-3-12(21)9-16(15)25-18/h3-4,9-10,13,26H,5-8,11H2,1-2H3. The molecule has 0 bridgehead atoms. The van der Waals surface area contributed by atoms with Crippen molar-refractivity contribution in [3.05, 3.63) is 39.7 Å². The van der Waals surface area contributed by atoms with Gasteiger partial charge in [-0.25, -0.2) is 4.99 Å². The first-order chi connectivity index (χ1) is 14.3. The summed E-state index contributed by atoms with van der Waals surface area (Å²) < 4.78 is 45.5. The van der Waals surface area contributed by atoms with Crippen LogP contribution in [0, 0.1) is 0 Å². The number of aliphatic imine (C=N–C) groups is 1. The van der Waals surface area contributed by atoms with Crippen molar-refractivity contribution in [3.8, 4) is 0 Å². The number of halogens is 4. The number of piperazine rings is 1. The van der Waals surface area contributed by atoms with E-state index in [9.17, 15) is 13.2 Å². The van der Waals surface area contributed by atoms with Crippen molar-refractivity contribution in [2.24, 2.45) is 4.99 Å². The molecular weight excluding hydrogens is 437 g/mol. The van der Waals surface area contributed by atoms with Gasteiger partial charge < -0.3 is 15.0 Å². The number of likely N-dealkylation sites (N-methyl/N-ethyl adjacent to an activating group) is 1. The van der Waals surface area contributed by atoms with Gasteiger partial charge in [-0.1, -0.05) is 11.6 Å². The summed E-state index contributed by atoms with van der Waals surface area (Å²) in [7, 11) is 3.72. The van der Waals surface area contributed by atoms with Crippen molar-refractivity contribution in [3.63, 3.8) is 0 Å². The van der Waals surface area contributed by atoms with Gasteiger partial charge in [0.1, 0.15) is 15.7 Å². The van der Waals surface area contributed by atoms with E-state index >= 15 is 0 Å². The van der Waals surface area contributed by atoms with E-state index in [0.717, 1.165) is 13.0 Å². The number of ether oxygens (including phenoxy) is 1. The average Bonchev–Trinajstić information content (AvgIpc) is 3.05. The molecule has 2 aliphatic heterocycles. The number of fused-ring (bicyclic) bond motifs is 2. The number of thiophene rings is 1. The summed E-state index contributed by atoms with van der Waals surface area (Å²) >= 11 is 6.86. The quantitative estimate of drug-likeness (QED) is 0.685. The molecule has 1 fully saturated rings. The van der Waals surface area contributed by atoms with E-state index in [1.807, 2.05) is 0 Å². The van der Waals surface area contributed by atoms with Crippen molar-refractivity contribution >= 4 is 45.1 Å². The highest BCUT2D eigenvalue weighted by Crippen LogP contribution is 2.44. The van der Waals surface area contributed by atoms with Crippen LogP contribution < -0.4 is 5.32 Å². The fourth-order valence-electron chi connectivity index (χ4n) is 3.73. The number of hydrogen-bond donors (Lipinski definition) is 1. The van der Waals surface area contributed by atoms with Crippen molar-refractivity contribution < 1.29 is 17.9 Å². The Hall–Kier alpha value is -1.81. The summed E-state index contributed by atoms with van der Waals surface area (Å²) in [5.41, 5.74) is 1.72. The van der Waals surface area contributed by atoms with Crippen LogP contribution in [0.4, 0.5) is 29.5 Å². The summed E-state index contributed by atoms with van der Waals surface area (Å²) in [5.74, 6) is 0.542. The van der Waals surface area contributed by atoms with Crippen LogP contribution in [-0.4, -0.2) is 62.1 Å². The number of hydrogen-bond acceptors (Lipinski definition) is 6. The minimum absolute atomic E-state index is 0.223. The third kappa shape index (κ3) is 4.30. The summed E-state index contributed by atoms with van der Waals surface area (Å²) in [6.07, 6.45) is -3.57. The predicted molar refractivity (Wildman–Crippen MR) is 115 cm³/mol. The third-order valence-electron chi connectivity index (χ3n) is 5.42. The van der Waals surface area contributed by atoms with Crippen LogP contribution >= 0.6 is 22.9 Å². The van der Waals surface area contributed by atoms with Crippen LogP contribution in [0.15, 0.2) is 29.3 Å². The summed E-state index contributed by atoms with van der Waals surface area (Å²) in [6.45, 7) is 2.74. The van der Waals surface area contributed by atoms with Gasteiger partial charge in [0.05, 0.1) is 16.9 Å². The number of nitrogens with one attached hydrogen (secondary N) is 1. The number of nitrogens with zero attached hydrogens (tertiary/aromatic N) is 3. The molecular formula is C20H22ClF3N4OS. The molecule has 0 saturated carbocycles. The molecule has 0 aliphatic carbocycles. The number of rotatable bonds is 3. The second kappa shape index (κ2) is 8.37. The zero-order chi connectivity index (χ0) is 21.5. The number of alkyl halides is 3. The highest BCUT2D eigenvalue weighted by atomic mass is 35.5. The predicted octanol–water partition coefficient (Wildman–Crippen LogP) is 5.21. The van der Waals surface area contributed by atoms with Crippen LogP contribution in [0.1, 0.15) is 16.9 Å². The fourth-order valence-corrected chi connectivity index (χ4v) is 4.83.